The van der Waals surface area contributed by atoms with Crippen LogP contribution >= 0.6 is 111 Å². The second-order valence-electron chi connectivity index (χ2n) is 30.5. The Morgan fingerprint density at radius 1 is 0.479 bits per heavy atom. The summed E-state index contributed by atoms with van der Waals surface area (Å²) in [4.78, 5) is 37.4. The summed E-state index contributed by atoms with van der Waals surface area (Å²) in [5, 5.41) is 10.3. The van der Waals surface area contributed by atoms with Gasteiger partial charge < -0.3 is 71.1 Å². The summed E-state index contributed by atoms with van der Waals surface area (Å²) in [7, 11) is 13.5. The number of aromatic nitrogens is 6. The van der Waals surface area contributed by atoms with Crippen molar-refractivity contribution in [3.63, 3.8) is 0 Å². The summed E-state index contributed by atoms with van der Waals surface area (Å²) in [5.74, 6) is 4.66. The maximum Gasteiger partial charge on any atom is 0.425 e. The molecule has 0 spiro atoms. The number of carbonyl (C=O) groups is 1. The molecule has 22 nitrogen and oxygen atoms in total. The molecule has 0 aliphatic carbocycles. The summed E-state index contributed by atoms with van der Waals surface area (Å²) < 4.78 is 112. The van der Waals surface area contributed by atoms with Crippen LogP contribution < -0.4 is 34.2 Å². The van der Waals surface area contributed by atoms with Crippen molar-refractivity contribution in [3.8, 4) is 34.5 Å². The molecule has 6 aromatic heterocycles. The molecule has 7 aliphatic heterocycles. The number of Topliss-reactive ketones (excluding diaryl/α,β-unsaturated/α-hetero) is 1. The van der Waals surface area contributed by atoms with Gasteiger partial charge in [0.25, 0.3) is 0 Å². The Hall–Kier alpha value is 2.59. The second-order valence-corrected chi connectivity index (χ2v) is 35.2. The van der Waals surface area contributed by atoms with Crippen LogP contribution in [0.3, 0.4) is 0 Å². The van der Waals surface area contributed by atoms with Gasteiger partial charge >= 0.3 is 6.18 Å². The van der Waals surface area contributed by atoms with Crippen LogP contribution in [0.4, 0.5) is 13.2 Å². The molecule has 6 aromatic rings. The third kappa shape index (κ3) is 29.0. The van der Waals surface area contributed by atoms with Crippen molar-refractivity contribution >= 4 is 128 Å². The minimum Gasteiger partial charge on any atom is -0.490 e. The molecule has 0 amide bonds. The van der Waals surface area contributed by atoms with E-state index in [9.17, 15) is 23.1 Å². The topological polar surface area (TPSA) is 264 Å². The Morgan fingerprint density at radius 3 is 1.05 bits per heavy atom. The van der Waals surface area contributed by atoms with Crippen LogP contribution in [0.15, 0.2) is 70.9 Å². The molecular weight excluding hydrogens is 2000 g/mol. The fourth-order valence-electron chi connectivity index (χ4n) is 12.7. The van der Waals surface area contributed by atoms with Crippen molar-refractivity contribution in [1.82, 2.24) is 29.9 Å². The van der Waals surface area contributed by atoms with Gasteiger partial charge in [0.2, 0.25) is 5.60 Å². The SMILES string of the molecule is C=C(C)C.C=C(C)c1cc2c(c(Br)n1)OC[C@]2(C)COP.C=C(C)c1cc2c(c(C)n1)OC[C@]2(C)COP.CC.CC(=O)c1cc2c(c(C)n1)OC[C@]2(C)COP.C[C@]1(COP)COc2c1cc(I)nc2Br.Cc1nc(C(C)(O)CN)cc2c1OC[C@]2(C)COP.Cc1nc(C2(C(F)(F)F)CO2)cc2c1OC[C@]2(C)COP.[Ar].[Ar].[Ar].[Ar].[Ar]. The van der Waals surface area contributed by atoms with Crippen molar-refractivity contribution in [2.24, 2.45) is 5.73 Å². The van der Waals surface area contributed by atoms with E-state index in [0.717, 1.165) is 104 Å². The number of ether oxygens (including phenoxy) is 7. The number of epoxide rings is 1. The Bertz CT molecular complexity index is 4230. The molecule has 658 valence electrons. The standard InChI is InChI=1S/C13H15F3NO3P.C13H21N2O3P.C13H18NO2P.C12H15BrNO2P.C12H16NO3P.C9H10BrINO2P.C4H8.C2H6.5Ar/c1-7-10-8(11(2,4-18-10)5-20-21)3-9(17-7)12(6-19-12)13(14,15)16;1-8-11-9(12(2,6-17-11)7-18-19)4-10(15-8)13(3,16)5-14;1-8(2)11-5-10-12(9(3)14-11)15-6-13(10,4)7-16-17;1-7(2)9-4-8-10(11(13)14-9)15-5-12(8,3)6-16-17;1-7-11-9(4-10(13-7)8(2)14)12(3,5-15-11)6-16-17;1-9(4-14-15)3-13-7-5(9)2-6(11)12-8(7)10;1-4(2)3;1-2;;;;;/h3H,4-6,21H2,1-2H3;4,16H,5-7,14,19H2,1-3H3;5H,1,6-7,17H2,2-4H3;4H,1,5-6,17H2,2-3H3;4H,5-6,17H2,1-3H3;2H,3-4,15H2,1H3;1H2,2-3H3;1-2H3;;;;;/t11-,12?;12-,13?;13-;2*12-;9-;;;;;;;/m111111......./s1. The first kappa shape index (κ1) is 118. The molecule has 0 saturated carbocycles. The summed E-state index contributed by atoms with van der Waals surface area (Å²) in [5.41, 5.74) is 15.9. The van der Waals surface area contributed by atoms with Gasteiger partial charge in [0, 0.05) is 292 Å². The van der Waals surface area contributed by atoms with E-state index in [1.165, 1.54) is 24.1 Å². The minimum absolute atomic E-state index is 0. The summed E-state index contributed by atoms with van der Waals surface area (Å²) >= 11 is 9.06. The van der Waals surface area contributed by atoms with Gasteiger partial charge in [-0.25, -0.2) is 19.9 Å². The van der Waals surface area contributed by atoms with E-state index < -0.39 is 22.8 Å². The number of aliphatic hydroxyl groups is 1. The first-order chi connectivity index (χ1) is 52.3. The van der Waals surface area contributed by atoms with E-state index in [2.05, 4.69) is 208 Å². The number of halogens is 6. The van der Waals surface area contributed by atoms with E-state index in [-0.39, 0.29) is 240 Å². The largest absolute Gasteiger partial charge is 0.490 e. The van der Waals surface area contributed by atoms with Gasteiger partial charge in [-0.1, -0.05) is 32.6 Å². The fraction of sp³-hybridized carbons (Fsp3) is 0.526. The Morgan fingerprint density at radius 2 is 0.744 bits per heavy atom. The van der Waals surface area contributed by atoms with Crippen LogP contribution in [0.25, 0.3) is 11.1 Å². The van der Waals surface area contributed by atoms with Crippen LogP contribution in [-0.2, 0) is 75.6 Å². The molecule has 1 fully saturated rings. The number of hydrogen-bond donors (Lipinski definition) is 2. The number of alkyl halides is 3. The molecule has 0 aromatic carbocycles. The quantitative estimate of drug-likeness (QED) is 0.0202. The van der Waals surface area contributed by atoms with Gasteiger partial charge in [-0.05, 0) is 206 Å². The molecule has 8 unspecified atom stereocenters. The van der Waals surface area contributed by atoms with Gasteiger partial charge in [-0.3, -0.25) is 14.8 Å². The van der Waals surface area contributed by atoms with E-state index in [1.54, 1.807) is 13.8 Å². The van der Waals surface area contributed by atoms with E-state index in [4.69, 9.17) is 66.0 Å². The van der Waals surface area contributed by atoms with Crippen molar-refractivity contribution in [2.75, 3.05) is 92.4 Å². The van der Waals surface area contributed by atoms with Crippen LogP contribution in [0.1, 0.15) is 186 Å². The summed E-state index contributed by atoms with van der Waals surface area (Å²) in [6.07, 6.45) is -4.48. The molecule has 39 heteroatoms. The number of pyridine rings is 6. The maximum atomic E-state index is 13.2. The van der Waals surface area contributed by atoms with Gasteiger partial charge in [0.05, 0.1) is 124 Å². The molecular formula is C78H109Ar5Br2F3IN7O15P6. The fourth-order valence-corrected chi connectivity index (χ4v) is 16.9. The number of nitrogens with two attached hydrogens (primary N) is 1. The van der Waals surface area contributed by atoms with Crippen molar-refractivity contribution in [1.29, 1.82) is 0 Å². The zero-order valence-electron chi connectivity index (χ0n) is 68.9. The molecule has 13 heterocycles. The third-order valence-electron chi connectivity index (χ3n) is 19.4. The molecule has 13 rings (SSSR count). The van der Waals surface area contributed by atoms with Crippen molar-refractivity contribution < 1.29 is 272 Å². The number of fused-ring (bicyclic) bond motifs is 6. The number of rotatable bonds is 18. The summed E-state index contributed by atoms with van der Waals surface area (Å²) in [6, 6.07) is 11.3. The smallest absolute Gasteiger partial charge is 0.425 e. The van der Waals surface area contributed by atoms with E-state index >= 15 is 0 Å². The number of allylic oxidation sites excluding steroid dienone is 3. The Kier molecular flexibility index (Phi) is 51.1. The van der Waals surface area contributed by atoms with Crippen LogP contribution in [0.5, 0.6) is 34.5 Å². The molecule has 1 saturated heterocycles. The number of ketones is 1. The first-order valence-electron chi connectivity index (χ1n) is 35.7. The monoisotopic (exact) mass is 2110 g/mol. The Labute approximate surface area is 883 Å². The van der Waals surface area contributed by atoms with E-state index in [1.807, 2.05) is 87.4 Å². The van der Waals surface area contributed by atoms with Crippen LogP contribution in [0.2, 0.25) is 0 Å². The minimum atomic E-state index is -4.48. The number of hydrogen-bond acceptors (Lipinski definition) is 22. The van der Waals surface area contributed by atoms with Gasteiger partial charge in [-0.2, -0.15) is 13.2 Å². The van der Waals surface area contributed by atoms with Gasteiger partial charge in [0.1, 0.15) is 86.8 Å². The van der Waals surface area contributed by atoms with Gasteiger partial charge in [-0.15, -0.1) is 6.58 Å². The predicted molar refractivity (Wildman–Crippen MR) is 467 cm³/mol. The number of aryl methyl sites for hydroxylation is 4. The summed E-state index contributed by atoms with van der Waals surface area (Å²) in [6.45, 7) is 52.5. The molecule has 0 radical (unpaired) electrons. The van der Waals surface area contributed by atoms with Crippen molar-refractivity contribution in [2.45, 2.75) is 174 Å². The number of carbonyl (C=O) groups excluding carboxylic acids is 1. The number of nitrogens with zero attached hydrogens (tertiary/aromatic N) is 6. The molecule has 117 heavy (non-hydrogen) atoms. The zero-order valence-corrected chi connectivity index (χ0v) is 84.7. The average molecular weight is 2110 g/mol. The maximum absolute atomic E-state index is 13.2. The first-order valence-corrected chi connectivity index (χ1v) is 41.2. The normalized spacial score (nSPS) is 22.5. The molecule has 3 N–H and O–H groups in total. The zero-order chi connectivity index (χ0) is 84.2. The second kappa shape index (κ2) is 50.8. The predicted octanol–water partition coefficient (Wildman–Crippen LogP) is 17.4. The average Bonchev–Trinajstić information content (AvgIpc) is 1.56. The molecule has 7 aliphatic rings. The van der Waals surface area contributed by atoms with E-state index in [0.29, 0.717) is 108 Å². The van der Waals surface area contributed by atoms with Gasteiger partial charge in [0.15, 0.2) is 17.3 Å². The van der Waals surface area contributed by atoms with Crippen molar-refractivity contribution in [3.05, 3.63) is 159 Å². The molecule has 0 bridgehead atoms. The van der Waals surface area contributed by atoms with Crippen LogP contribution in [0, 0.1) is 220 Å². The Balaban J connectivity index is 0.000000688. The third-order valence-corrected chi connectivity index (χ3v) is 22.0. The van der Waals surface area contributed by atoms with Crippen LogP contribution in [-0.4, -0.2) is 139 Å². The molecule has 14 atom stereocenters.